The van der Waals surface area contributed by atoms with Gasteiger partial charge >= 0.3 is 11.9 Å². The molecule has 0 bridgehead atoms. The number of hydrogen-bond acceptors (Lipinski definition) is 6. The van der Waals surface area contributed by atoms with E-state index in [2.05, 4.69) is 44.2 Å². The molecule has 0 aliphatic heterocycles. The van der Waals surface area contributed by atoms with Crippen molar-refractivity contribution in [2.24, 2.45) is 0 Å². The molecule has 0 saturated heterocycles. The number of benzene rings is 4. The number of aryl methyl sites for hydroxylation is 2. The number of rotatable bonds is 4. The molecule has 0 aliphatic rings. The summed E-state index contributed by atoms with van der Waals surface area (Å²) in [6.07, 6.45) is 0. The largest absolute Gasteiger partial charge is 0.545 e. The van der Waals surface area contributed by atoms with Crippen LogP contribution in [0.5, 0.6) is 0 Å². The normalized spacial score (nSPS) is 9.86. The third-order valence-corrected chi connectivity index (χ3v) is 5.90. The summed E-state index contributed by atoms with van der Waals surface area (Å²) in [5, 5.41) is 37.8. The Hall–Kier alpha value is -6.30. The molecule has 224 valence electrons. The van der Waals surface area contributed by atoms with Crippen LogP contribution in [0.1, 0.15) is 53.1 Å². The van der Waals surface area contributed by atoms with Crippen molar-refractivity contribution in [2.75, 3.05) is 0 Å². The van der Waals surface area contributed by atoms with E-state index in [4.69, 9.17) is 10.2 Å². The van der Waals surface area contributed by atoms with Gasteiger partial charge in [0.2, 0.25) is 11.6 Å². The molecule has 0 aliphatic carbocycles. The molecule has 2 aromatic heterocycles. The number of nitrogens with one attached hydrogen (secondary N) is 4. The van der Waals surface area contributed by atoms with Crippen LogP contribution in [-0.4, -0.2) is 44.1 Å². The van der Waals surface area contributed by atoms with Crippen molar-refractivity contribution in [3.05, 3.63) is 131 Å². The van der Waals surface area contributed by atoms with Crippen LogP contribution in [0.2, 0.25) is 0 Å². The van der Waals surface area contributed by atoms with Gasteiger partial charge in [-0.3, -0.25) is 0 Å². The first-order valence-electron chi connectivity index (χ1n) is 13.0. The molecule has 6 rings (SSSR count). The van der Waals surface area contributed by atoms with Gasteiger partial charge in [0, 0.05) is 25.0 Å². The maximum absolute atomic E-state index is 10.4. The number of carbonyl (C=O) groups excluding carboxylic acids is 2. The standard InChI is InChI=1S/2C8H8N2.2C8H6O4/c2*1-6-9-7-4-2-3-5-8(7)10-6;2*9-7(10)5-3-1-2-4-6(5)8(11)12/h2*2-5H,1H3,(H,9,10);2*1-4H,(H,9,10)(H,11,12). The lowest BCUT2D eigenvalue weighted by atomic mass is 10.1. The Morgan fingerprint density at radius 2 is 0.818 bits per heavy atom. The van der Waals surface area contributed by atoms with Crippen LogP contribution in [0.3, 0.4) is 0 Å². The Labute approximate surface area is 250 Å². The highest BCUT2D eigenvalue weighted by atomic mass is 16.4. The molecular weight excluding hydrogens is 568 g/mol. The summed E-state index contributed by atoms with van der Waals surface area (Å²) >= 11 is 0. The number of para-hydroxylation sites is 4. The third kappa shape index (κ3) is 8.85. The van der Waals surface area contributed by atoms with E-state index in [1.54, 1.807) is 0 Å². The molecule has 0 saturated carbocycles. The number of H-pyrrole nitrogens is 4. The second-order valence-electron chi connectivity index (χ2n) is 9.12. The number of aromatic carboxylic acids is 4. The van der Waals surface area contributed by atoms with Gasteiger partial charge in [0.05, 0.1) is 23.1 Å². The molecule has 0 radical (unpaired) electrons. The molecule has 0 spiro atoms. The van der Waals surface area contributed by atoms with E-state index in [9.17, 15) is 29.4 Å². The second-order valence-corrected chi connectivity index (χ2v) is 9.12. The van der Waals surface area contributed by atoms with Gasteiger partial charge in [0.25, 0.3) is 0 Å². The summed E-state index contributed by atoms with van der Waals surface area (Å²) in [4.78, 5) is 54.4. The molecular formula is C32H28N4O8. The molecule has 12 nitrogen and oxygen atoms in total. The fraction of sp³-hybridized carbons (Fsp3) is 0.0625. The first-order valence-corrected chi connectivity index (χ1v) is 13.0. The topological polar surface area (TPSA) is 215 Å². The van der Waals surface area contributed by atoms with Crippen LogP contribution in [0.15, 0.2) is 97.1 Å². The summed E-state index contributed by atoms with van der Waals surface area (Å²) < 4.78 is 0. The summed E-state index contributed by atoms with van der Waals surface area (Å²) in [7, 11) is 0. The third-order valence-electron chi connectivity index (χ3n) is 5.90. The van der Waals surface area contributed by atoms with Crippen molar-refractivity contribution >= 4 is 45.9 Å². The van der Waals surface area contributed by atoms with Crippen LogP contribution in [0, 0.1) is 13.8 Å². The number of carboxylic acids is 4. The summed E-state index contributed by atoms with van der Waals surface area (Å²) in [5.41, 5.74) is 3.56. The lowest BCUT2D eigenvalue weighted by molar-refractivity contribution is -0.355. The number of aromatic amines is 4. The predicted octanol–water partition coefficient (Wildman–Crippen LogP) is 2.08. The Bertz CT molecular complexity index is 1650. The molecule has 12 heteroatoms. The van der Waals surface area contributed by atoms with Crippen molar-refractivity contribution < 1.29 is 49.6 Å². The van der Waals surface area contributed by atoms with E-state index in [1.165, 1.54) is 70.6 Å². The van der Waals surface area contributed by atoms with E-state index in [0.29, 0.717) is 0 Å². The molecule has 6 N–H and O–H groups in total. The van der Waals surface area contributed by atoms with Crippen molar-refractivity contribution in [2.45, 2.75) is 13.8 Å². The quantitative estimate of drug-likeness (QED) is 0.236. The zero-order valence-electron chi connectivity index (χ0n) is 23.6. The van der Waals surface area contributed by atoms with E-state index < -0.39 is 23.9 Å². The summed E-state index contributed by atoms with van der Waals surface area (Å²) in [6, 6.07) is 26.9. The van der Waals surface area contributed by atoms with E-state index in [1.807, 2.05) is 38.1 Å². The fourth-order valence-electron chi connectivity index (χ4n) is 3.97. The highest BCUT2D eigenvalue weighted by Gasteiger charge is 2.09. The van der Waals surface area contributed by atoms with Crippen molar-refractivity contribution in [1.82, 2.24) is 9.97 Å². The van der Waals surface area contributed by atoms with Gasteiger partial charge in [-0.2, -0.15) is 0 Å². The maximum Gasteiger partial charge on any atom is 0.336 e. The predicted molar refractivity (Wildman–Crippen MR) is 155 cm³/mol. The SMILES string of the molecule is Cc1[nH]c2ccccc2[nH+]1.Cc1[nH]c2ccccc2[nH+]1.O=C([O-])c1ccccc1C(=O)O.O=C([O-])c1ccccc1C(=O)O. The number of fused-ring (bicyclic) bond motifs is 2. The lowest BCUT2D eigenvalue weighted by Gasteiger charge is -2.04. The zero-order chi connectivity index (χ0) is 32.2. The Morgan fingerprint density at radius 3 is 1.09 bits per heavy atom. The molecule has 4 aromatic carbocycles. The van der Waals surface area contributed by atoms with E-state index >= 15 is 0 Å². The zero-order valence-corrected chi connectivity index (χ0v) is 23.6. The smallest absolute Gasteiger partial charge is 0.336 e. The van der Waals surface area contributed by atoms with Gasteiger partial charge < -0.3 is 30.0 Å². The van der Waals surface area contributed by atoms with Crippen LogP contribution in [0.4, 0.5) is 0 Å². The second kappa shape index (κ2) is 15.1. The number of imidazole rings is 2. The van der Waals surface area contributed by atoms with Crippen LogP contribution in [-0.2, 0) is 0 Å². The van der Waals surface area contributed by atoms with Crippen LogP contribution in [0.25, 0.3) is 22.1 Å². The number of carboxylic acid groups (broad SMARTS) is 4. The Balaban J connectivity index is 0.000000161. The average molecular weight is 597 g/mol. The van der Waals surface area contributed by atoms with Gasteiger partial charge in [0.15, 0.2) is 22.1 Å². The Kier molecular flexibility index (Phi) is 11.0. The number of carbonyl (C=O) groups is 4. The van der Waals surface area contributed by atoms with Crippen molar-refractivity contribution in [1.29, 1.82) is 0 Å². The van der Waals surface area contributed by atoms with Gasteiger partial charge in [-0.1, -0.05) is 60.7 Å². The molecule has 44 heavy (non-hydrogen) atoms. The monoisotopic (exact) mass is 596 g/mol. The summed E-state index contributed by atoms with van der Waals surface area (Å²) in [6.45, 7) is 4.03. The van der Waals surface area contributed by atoms with Gasteiger partial charge in [0.1, 0.15) is 0 Å². The van der Waals surface area contributed by atoms with Crippen molar-refractivity contribution in [3.63, 3.8) is 0 Å². The van der Waals surface area contributed by atoms with Crippen LogP contribution < -0.4 is 20.2 Å². The number of hydrogen-bond donors (Lipinski definition) is 4. The Morgan fingerprint density at radius 1 is 0.523 bits per heavy atom. The van der Waals surface area contributed by atoms with Crippen LogP contribution >= 0.6 is 0 Å². The first-order chi connectivity index (χ1) is 21.0. The average Bonchev–Trinajstić information content (AvgIpc) is 3.58. The highest BCUT2D eigenvalue weighted by molar-refractivity contribution is 6.01. The number of aromatic nitrogens is 4. The highest BCUT2D eigenvalue weighted by Crippen LogP contribution is 2.08. The van der Waals surface area contributed by atoms with E-state index in [-0.39, 0.29) is 22.3 Å². The summed E-state index contributed by atoms with van der Waals surface area (Å²) in [5.74, 6) is -3.30. The molecule has 0 fully saturated rings. The van der Waals surface area contributed by atoms with Gasteiger partial charge in [-0.05, 0) is 36.4 Å². The molecule has 0 unspecified atom stereocenters. The first kappa shape index (κ1) is 32.2. The molecule has 0 amide bonds. The fourth-order valence-corrected chi connectivity index (χ4v) is 3.97. The minimum atomic E-state index is -1.48. The van der Waals surface area contributed by atoms with Crippen molar-refractivity contribution in [3.8, 4) is 0 Å². The molecule has 6 aromatic rings. The van der Waals surface area contributed by atoms with Gasteiger partial charge in [-0.15, -0.1) is 0 Å². The minimum absolute atomic E-state index is 0.252. The van der Waals surface area contributed by atoms with Gasteiger partial charge in [-0.25, -0.2) is 29.5 Å². The van der Waals surface area contributed by atoms with E-state index in [0.717, 1.165) is 11.6 Å². The minimum Gasteiger partial charge on any atom is -0.545 e. The maximum atomic E-state index is 10.4. The molecule has 0 atom stereocenters. The molecule has 2 heterocycles. The lowest BCUT2D eigenvalue weighted by Crippen LogP contribution is -2.24.